The van der Waals surface area contributed by atoms with Crippen LogP contribution in [0.15, 0.2) is 54.6 Å². The molecule has 2 saturated heterocycles. The lowest BCUT2D eigenvalue weighted by Crippen LogP contribution is -2.62. The summed E-state index contributed by atoms with van der Waals surface area (Å²) in [7, 11) is -3.73. The zero-order valence-electron chi connectivity index (χ0n) is 23.5. The summed E-state index contributed by atoms with van der Waals surface area (Å²) in [5.74, 6) is -3.70. The third kappa shape index (κ3) is 4.76. The number of likely N-dealkylation sites (tertiary alicyclic amines) is 1. The van der Waals surface area contributed by atoms with Gasteiger partial charge in [0.1, 0.15) is 17.2 Å². The molecule has 44 heavy (non-hydrogen) atoms. The van der Waals surface area contributed by atoms with E-state index in [9.17, 15) is 18.0 Å². The Hall–Kier alpha value is -3.25. The number of anilines is 3. The van der Waals surface area contributed by atoms with Crippen molar-refractivity contribution < 1.29 is 26.8 Å². The van der Waals surface area contributed by atoms with Crippen molar-refractivity contribution in [2.45, 2.75) is 36.8 Å². The minimum Gasteiger partial charge on any atom is -0.324 e. The number of nitrogens with one attached hydrogen (secondary N) is 2. The number of sulfonamides is 1. The van der Waals surface area contributed by atoms with Crippen molar-refractivity contribution in [1.82, 2.24) is 4.90 Å². The number of benzene rings is 3. The Bertz CT molecular complexity index is 1840. The Morgan fingerprint density at radius 2 is 1.84 bits per heavy atom. The Morgan fingerprint density at radius 1 is 1.07 bits per heavy atom. The molecule has 3 aliphatic heterocycles. The molecule has 3 aromatic carbocycles. The fraction of sp³-hybridized carbons (Fsp3) is 0.355. The zero-order valence-corrected chi connectivity index (χ0v) is 25.8. The number of amides is 2. The SMILES string of the molecule is CS(=O)(=O)Nc1ccc(N2C[C@H]3[C@@H](C2=O)[C@H](c2cccc(Cl)c2F)[C@@]2(Cc4ccc(Cl)cc4NC2=O)N3CC2CC2)cc1F. The van der Waals surface area contributed by atoms with Crippen molar-refractivity contribution in [2.24, 2.45) is 11.8 Å². The molecule has 8 nitrogen and oxygen atoms in total. The topological polar surface area (TPSA) is 98.8 Å². The van der Waals surface area contributed by atoms with E-state index < -0.39 is 45.1 Å². The number of carbonyl (C=O) groups is 2. The molecular formula is C31H28Cl2F2N4O4S. The van der Waals surface area contributed by atoms with Crippen LogP contribution in [0.2, 0.25) is 10.0 Å². The minimum atomic E-state index is -3.73. The molecule has 0 aromatic heterocycles. The predicted octanol–water partition coefficient (Wildman–Crippen LogP) is 5.42. The first-order valence-corrected chi connectivity index (χ1v) is 16.9. The van der Waals surface area contributed by atoms with E-state index in [2.05, 4.69) is 14.9 Å². The third-order valence-electron chi connectivity index (χ3n) is 9.32. The maximum atomic E-state index is 16.0. The van der Waals surface area contributed by atoms with Crippen LogP contribution in [0.3, 0.4) is 0 Å². The highest BCUT2D eigenvalue weighted by Crippen LogP contribution is 2.58. The third-order valence-corrected chi connectivity index (χ3v) is 10.4. The molecule has 1 aliphatic carbocycles. The average Bonchev–Trinajstić information content (AvgIpc) is 3.67. The summed E-state index contributed by atoms with van der Waals surface area (Å²) in [6.07, 6.45) is 3.10. The van der Waals surface area contributed by atoms with Crippen molar-refractivity contribution in [3.8, 4) is 0 Å². The molecule has 230 valence electrons. The molecule has 1 saturated carbocycles. The molecule has 1 spiro atoms. The van der Waals surface area contributed by atoms with Gasteiger partial charge < -0.3 is 10.2 Å². The maximum absolute atomic E-state index is 16.0. The van der Waals surface area contributed by atoms with E-state index in [-0.39, 0.29) is 46.7 Å². The summed E-state index contributed by atoms with van der Waals surface area (Å²) in [6, 6.07) is 13.2. The van der Waals surface area contributed by atoms with Crippen LogP contribution in [0.25, 0.3) is 0 Å². The standard InChI is InChI=1S/C31H28Cl2F2N4O4S/c1-44(42,43)37-23-10-9-19(12-22(23)34)38-15-25-26(29(38)40)27(20-3-2-4-21(33)28(20)35)31(39(25)14-16-5-6-16)13-17-7-8-18(32)11-24(17)36-30(31)41/h2-4,7-12,16,25-27,37H,5-6,13-15H2,1H3,(H,36,41)/t25-,26+,27-,31+/m0/s1. The average molecular weight is 662 g/mol. The number of rotatable bonds is 6. The van der Waals surface area contributed by atoms with Crippen molar-refractivity contribution in [3.05, 3.63) is 87.4 Å². The zero-order chi connectivity index (χ0) is 31.1. The normalized spacial score (nSPS) is 26.6. The maximum Gasteiger partial charge on any atom is 0.245 e. The molecule has 4 aliphatic rings. The van der Waals surface area contributed by atoms with E-state index in [1.807, 2.05) is 6.07 Å². The van der Waals surface area contributed by atoms with Gasteiger partial charge in [-0.1, -0.05) is 41.4 Å². The molecule has 4 atom stereocenters. The lowest BCUT2D eigenvalue weighted by atomic mass is 9.69. The molecule has 7 rings (SSSR count). The van der Waals surface area contributed by atoms with Crippen molar-refractivity contribution in [3.63, 3.8) is 0 Å². The molecule has 0 radical (unpaired) electrons. The number of hydrogen-bond donors (Lipinski definition) is 2. The summed E-state index contributed by atoms with van der Waals surface area (Å²) in [6.45, 7) is 0.665. The fourth-order valence-corrected chi connectivity index (χ4v) is 8.26. The first-order valence-electron chi connectivity index (χ1n) is 14.3. The Morgan fingerprint density at radius 3 is 2.55 bits per heavy atom. The predicted molar refractivity (Wildman–Crippen MR) is 165 cm³/mol. The van der Waals surface area contributed by atoms with Crippen LogP contribution in [0.1, 0.15) is 29.9 Å². The van der Waals surface area contributed by atoms with E-state index in [1.165, 1.54) is 23.1 Å². The van der Waals surface area contributed by atoms with Gasteiger partial charge in [-0.25, -0.2) is 17.2 Å². The summed E-state index contributed by atoms with van der Waals surface area (Å²) in [4.78, 5) is 32.3. The molecule has 13 heteroatoms. The van der Waals surface area contributed by atoms with Crippen LogP contribution in [-0.2, 0) is 26.0 Å². The van der Waals surface area contributed by atoms with Gasteiger partial charge in [-0.15, -0.1) is 0 Å². The van der Waals surface area contributed by atoms with Crippen LogP contribution >= 0.6 is 23.2 Å². The minimum absolute atomic E-state index is 0.114. The van der Waals surface area contributed by atoms with E-state index in [4.69, 9.17) is 23.2 Å². The van der Waals surface area contributed by atoms with Crippen molar-refractivity contribution >= 4 is 62.1 Å². The lowest BCUT2D eigenvalue weighted by Gasteiger charge is -2.46. The van der Waals surface area contributed by atoms with Gasteiger partial charge in [-0.2, -0.15) is 0 Å². The summed E-state index contributed by atoms with van der Waals surface area (Å²) >= 11 is 12.5. The van der Waals surface area contributed by atoms with Crippen LogP contribution in [-0.4, -0.2) is 56.1 Å². The van der Waals surface area contributed by atoms with Gasteiger partial charge >= 0.3 is 0 Å². The van der Waals surface area contributed by atoms with Gasteiger partial charge in [0, 0.05) is 47.9 Å². The van der Waals surface area contributed by atoms with E-state index >= 15 is 8.78 Å². The molecule has 2 amide bonds. The summed E-state index contributed by atoms with van der Waals surface area (Å²) < 4.78 is 56.5. The number of hydrogen-bond acceptors (Lipinski definition) is 5. The lowest BCUT2D eigenvalue weighted by molar-refractivity contribution is -0.129. The molecule has 2 N–H and O–H groups in total. The van der Waals surface area contributed by atoms with E-state index in [0.717, 1.165) is 30.7 Å². The molecule has 0 bridgehead atoms. The van der Waals surface area contributed by atoms with Gasteiger partial charge in [0.25, 0.3) is 0 Å². The van der Waals surface area contributed by atoms with E-state index in [0.29, 0.717) is 23.2 Å². The van der Waals surface area contributed by atoms with Gasteiger partial charge in [0.2, 0.25) is 21.8 Å². The van der Waals surface area contributed by atoms with Crippen molar-refractivity contribution in [1.29, 1.82) is 0 Å². The van der Waals surface area contributed by atoms with Gasteiger partial charge in [-0.3, -0.25) is 19.2 Å². The monoisotopic (exact) mass is 660 g/mol. The second-order valence-corrected chi connectivity index (χ2v) is 14.7. The quantitative estimate of drug-likeness (QED) is 0.368. The molecule has 3 fully saturated rings. The van der Waals surface area contributed by atoms with Crippen LogP contribution in [0.5, 0.6) is 0 Å². The van der Waals surface area contributed by atoms with Crippen LogP contribution in [0.4, 0.5) is 25.8 Å². The van der Waals surface area contributed by atoms with Gasteiger partial charge in [0.15, 0.2) is 0 Å². The number of halogens is 4. The molecule has 3 heterocycles. The smallest absolute Gasteiger partial charge is 0.245 e. The number of nitrogens with zero attached hydrogens (tertiary/aromatic N) is 2. The summed E-state index contributed by atoms with van der Waals surface area (Å²) in [5, 5.41) is 3.37. The Kier molecular flexibility index (Phi) is 6.96. The van der Waals surface area contributed by atoms with Crippen molar-refractivity contribution in [2.75, 3.05) is 34.3 Å². The van der Waals surface area contributed by atoms with Crippen LogP contribution in [0, 0.1) is 23.5 Å². The molecule has 3 aromatic rings. The number of fused-ring (bicyclic) bond motifs is 2. The molecule has 0 unspecified atom stereocenters. The highest BCUT2D eigenvalue weighted by molar-refractivity contribution is 7.92. The first kappa shape index (κ1) is 29.5. The Balaban J connectivity index is 1.36. The highest BCUT2D eigenvalue weighted by atomic mass is 35.5. The van der Waals surface area contributed by atoms with E-state index in [1.54, 1.807) is 24.3 Å². The molecular weight excluding hydrogens is 633 g/mol. The summed E-state index contributed by atoms with van der Waals surface area (Å²) in [5.41, 5.74) is 0.261. The second-order valence-electron chi connectivity index (χ2n) is 12.2. The Labute approximate surface area is 263 Å². The fourth-order valence-electron chi connectivity index (χ4n) is 7.34. The highest BCUT2D eigenvalue weighted by Gasteiger charge is 2.69. The largest absolute Gasteiger partial charge is 0.324 e. The van der Waals surface area contributed by atoms with Gasteiger partial charge in [0.05, 0.1) is 22.9 Å². The van der Waals surface area contributed by atoms with Crippen LogP contribution < -0.4 is 14.9 Å². The second kappa shape index (κ2) is 10.4. The first-order chi connectivity index (χ1) is 20.9. The van der Waals surface area contributed by atoms with Gasteiger partial charge in [-0.05, 0) is 66.3 Å². The number of carbonyl (C=O) groups excluding carboxylic acids is 2.